The highest BCUT2D eigenvalue weighted by Gasteiger charge is 2.20. The van der Waals surface area contributed by atoms with Crippen LogP contribution in [0.15, 0.2) is 28.7 Å². The van der Waals surface area contributed by atoms with Gasteiger partial charge in [-0.1, -0.05) is 34.5 Å². The number of nitrogens with one attached hydrogen (secondary N) is 1. The molecule has 1 fully saturated rings. The lowest BCUT2D eigenvalue weighted by Gasteiger charge is -2.27. The van der Waals surface area contributed by atoms with E-state index in [9.17, 15) is 5.11 Å². The van der Waals surface area contributed by atoms with Crippen molar-refractivity contribution < 1.29 is 5.11 Å². The number of aliphatic hydroxyl groups excluding tert-OH is 1. The lowest BCUT2D eigenvalue weighted by molar-refractivity contribution is 0.0998. The Balaban J connectivity index is 1.82. The second kappa shape index (κ2) is 6.69. The predicted molar refractivity (Wildman–Crippen MR) is 78.5 cm³/mol. The molecule has 0 bridgehead atoms. The van der Waals surface area contributed by atoms with Crippen molar-refractivity contribution in [2.24, 2.45) is 5.92 Å². The van der Waals surface area contributed by atoms with Crippen molar-refractivity contribution in [3.05, 3.63) is 34.3 Å². The molecule has 0 aromatic heterocycles. The van der Waals surface area contributed by atoms with Crippen LogP contribution in [0.5, 0.6) is 0 Å². The van der Waals surface area contributed by atoms with Crippen LogP contribution in [0.2, 0.25) is 0 Å². The van der Waals surface area contributed by atoms with Crippen molar-refractivity contribution in [3.63, 3.8) is 0 Å². The van der Waals surface area contributed by atoms with Gasteiger partial charge in [-0.05, 0) is 56.3 Å². The summed E-state index contributed by atoms with van der Waals surface area (Å²) in [5.74, 6) is 0.628. The van der Waals surface area contributed by atoms with Crippen molar-refractivity contribution in [2.45, 2.75) is 44.8 Å². The van der Waals surface area contributed by atoms with E-state index in [0.29, 0.717) is 12.0 Å². The molecule has 0 aliphatic heterocycles. The summed E-state index contributed by atoms with van der Waals surface area (Å²) in [4.78, 5) is 0. The van der Waals surface area contributed by atoms with Crippen LogP contribution in [0.3, 0.4) is 0 Å². The normalized spacial score (nSPS) is 25.9. The Morgan fingerprint density at radius 2 is 2.28 bits per heavy atom. The molecule has 3 atom stereocenters. The Kier molecular flexibility index (Phi) is 5.22. The third-order valence-electron chi connectivity index (χ3n) is 3.82. The fourth-order valence-corrected chi connectivity index (χ4v) is 3.10. The molecule has 3 unspecified atom stereocenters. The van der Waals surface area contributed by atoms with Crippen LogP contribution in [0.25, 0.3) is 0 Å². The summed E-state index contributed by atoms with van der Waals surface area (Å²) in [5.41, 5.74) is 1.31. The van der Waals surface area contributed by atoms with E-state index < -0.39 is 0 Å². The van der Waals surface area contributed by atoms with Crippen LogP contribution in [-0.2, 0) is 0 Å². The molecule has 2 N–H and O–H groups in total. The Hall–Kier alpha value is -0.380. The van der Waals surface area contributed by atoms with E-state index in [2.05, 4.69) is 46.4 Å². The van der Waals surface area contributed by atoms with Crippen molar-refractivity contribution in [1.29, 1.82) is 0 Å². The van der Waals surface area contributed by atoms with Gasteiger partial charge in [0.2, 0.25) is 0 Å². The summed E-state index contributed by atoms with van der Waals surface area (Å²) < 4.78 is 1.13. The van der Waals surface area contributed by atoms with Gasteiger partial charge in [-0.25, -0.2) is 0 Å². The zero-order valence-corrected chi connectivity index (χ0v) is 12.5. The molecule has 3 heteroatoms. The van der Waals surface area contributed by atoms with E-state index in [0.717, 1.165) is 23.9 Å². The first-order valence-electron chi connectivity index (χ1n) is 6.82. The van der Waals surface area contributed by atoms with Crippen LogP contribution in [0, 0.1) is 5.92 Å². The summed E-state index contributed by atoms with van der Waals surface area (Å²) in [7, 11) is 0. The van der Waals surface area contributed by atoms with Gasteiger partial charge in [0.1, 0.15) is 0 Å². The van der Waals surface area contributed by atoms with E-state index in [-0.39, 0.29) is 6.10 Å². The molecule has 0 radical (unpaired) electrons. The zero-order chi connectivity index (χ0) is 13.0. The largest absolute Gasteiger partial charge is 0.393 e. The SMILES string of the molecule is CC(NCC1CCCC(O)C1)c1cccc(Br)c1. The second-order valence-corrected chi connectivity index (χ2v) is 6.29. The van der Waals surface area contributed by atoms with E-state index in [1.807, 2.05) is 6.07 Å². The van der Waals surface area contributed by atoms with Gasteiger partial charge in [0.15, 0.2) is 0 Å². The van der Waals surface area contributed by atoms with Crippen molar-refractivity contribution >= 4 is 15.9 Å². The zero-order valence-electron chi connectivity index (χ0n) is 10.9. The van der Waals surface area contributed by atoms with Crippen LogP contribution < -0.4 is 5.32 Å². The maximum Gasteiger partial charge on any atom is 0.0543 e. The summed E-state index contributed by atoms with van der Waals surface area (Å²) >= 11 is 3.51. The summed E-state index contributed by atoms with van der Waals surface area (Å²) in [5, 5.41) is 13.2. The predicted octanol–water partition coefficient (Wildman–Crippen LogP) is 3.65. The molecule has 0 amide bonds. The highest BCUT2D eigenvalue weighted by molar-refractivity contribution is 9.10. The summed E-state index contributed by atoms with van der Waals surface area (Å²) in [6, 6.07) is 8.79. The highest BCUT2D eigenvalue weighted by atomic mass is 79.9. The Bertz CT molecular complexity index is 383. The standard InChI is InChI=1S/C15H22BrNO/c1-11(13-5-3-6-14(16)9-13)17-10-12-4-2-7-15(18)8-12/h3,5-6,9,11-12,15,17-18H,2,4,7-8,10H2,1H3. The van der Waals surface area contributed by atoms with E-state index in [4.69, 9.17) is 0 Å². The number of halogens is 1. The number of benzene rings is 1. The molecule has 18 heavy (non-hydrogen) atoms. The van der Waals surface area contributed by atoms with Gasteiger partial charge in [-0.2, -0.15) is 0 Å². The van der Waals surface area contributed by atoms with Crippen molar-refractivity contribution in [3.8, 4) is 0 Å². The molecule has 100 valence electrons. The van der Waals surface area contributed by atoms with Gasteiger partial charge in [0, 0.05) is 10.5 Å². The molecule has 0 saturated heterocycles. The smallest absolute Gasteiger partial charge is 0.0543 e. The quantitative estimate of drug-likeness (QED) is 0.889. The number of rotatable bonds is 4. The number of hydrogen-bond acceptors (Lipinski definition) is 2. The molecule has 1 saturated carbocycles. The lowest BCUT2D eigenvalue weighted by atomic mass is 9.87. The Morgan fingerprint density at radius 3 is 3.00 bits per heavy atom. The third kappa shape index (κ3) is 4.08. The Labute approximate surface area is 118 Å². The van der Waals surface area contributed by atoms with Crippen LogP contribution in [-0.4, -0.2) is 17.8 Å². The minimum atomic E-state index is -0.0771. The molecular weight excluding hydrogens is 290 g/mol. The molecule has 0 heterocycles. The first-order chi connectivity index (χ1) is 8.65. The third-order valence-corrected chi connectivity index (χ3v) is 4.31. The van der Waals surface area contributed by atoms with Gasteiger partial charge >= 0.3 is 0 Å². The van der Waals surface area contributed by atoms with E-state index >= 15 is 0 Å². The average molecular weight is 312 g/mol. The molecule has 1 aliphatic rings. The number of aliphatic hydroxyl groups is 1. The maximum atomic E-state index is 9.66. The molecule has 1 aliphatic carbocycles. The molecule has 0 spiro atoms. The van der Waals surface area contributed by atoms with Crippen LogP contribution in [0.1, 0.15) is 44.2 Å². The van der Waals surface area contributed by atoms with Gasteiger partial charge in [0.25, 0.3) is 0 Å². The van der Waals surface area contributed by atoms with Gasteiger partial charge in [0.05, 0.1) is 6.10 Å². The summed E-state index contributed by atoms with van der Waals surface area (Å²) in [6.07, 6.45) is 4.27. The first-order valence-corrected chi connectivity index (χ1v) is 7.61. The second-order valence-electron chi connectivity index (χ2n) is 5.37. The first kappa shape index (κ1) is 14.0. The molecule has 2 nitrogen and oxygen atoms in total. The number of hydrogen-bond donors (Lipinski definition) is 2. The molecule has 2 rings (SSSR count). The van der Waals surface area contributed by atoms with Crippen LogP contribution in [0.4, 0.5) is 0 Å². The fourth-order valence-electron chi connectivity index (χ4n) is 2.69. The van der Waals surface area contributed by atoms with Crippen LogP contribution >= 0.6 is 15.9 Å². The minimum absolute atomic E-state index is 0.0771. The minimum Gasteiger partial charge on any atom is -0.393 e. The van der Waals surface area contributed by atoms with Crippen molar-refractivity contribution in [1.82, 2.24) is 5.32 Å². The summed E-state index contributed by atoms with van der Waals surface area (Å²) in [6.45, 7) is 3.20. The average Bonchev–Trinajstić information content (AvgIpc) is 2.36. The van der Waals surface area contributed by atoms with E-state index in [1.165, 1.54) is 18.4 Å². The van der Waals surface area contributed by atoms with Crippen molar-refractivity contribution in [2.75, 3.05) is 6.54 Å². The van der Waals surface area contributed by atoms with Gasteiger partial charge in [-0.3, -0.25) is 0 Å². The molecule has 1 aromatic carbocycles. The van der Waals surface area contributed by atoms with Gasteiger partial charge < -0.3 is 10.4 Å². The van der Waals surface area contributed by atoms with E-state index in [1.54, 1.807) is 0 Å². The molecule has 1 aromatic rings. The Morgan fingerprint density at radius 1 is 1.44 bits per heavy atom. The monoisotopic (exact) mass is 311 g/mol. The molecular formula is C15H22BrNO. The maximum absolute atomic E-state index is 9.66. The highest BCUT2D eigenvalue weighted by Crippen LogP contribution is 2.24. The topological polar surface area (TPSA) is 32.3 Å². The fraction of sp³-hybridized carbons (Fsp3) is 0.600. The van der Waals surface area contributed by atoms with Gasteiger partial charge in [-0.15, -0.1) is 0 Å². The lowest BCUT2D eigenvalue weighted by Crippen LogP contribution is -2.30.